The van der Waals surface area contributed by atoms with E-state index in [2.05, 4.69) is 17.4 Å². The second-order valence-electron chi connectivity index (χ2n) is 5.53. The summed E-state index contributed by atoms with van der Waals surface area (Å²) >= 11 is 0. The summed E-state index contributed by atoms with van der Waals surface area (Å²) < 4.78 is 21.8. The first-order valence-corrected chi connectivity index (χ1v) is 7.74. The SMILES string of the molecule is C=C(NNC(=O)[C@H]1COc2ccccc2O1)c1ccc2c(c1)OCO2. The zero-order valence-corrected chi connectivity index (χ0v) is 13.3. The third-order valence-corrected chi connectivity index (χ3v) is 3.86. The number of hydrogen-bond acceptors (Lipinski definition) is 6. The Morgan fingerprint density at radius 1 is 0.960 bits per heavy atom. The quantitative estimate of drug-likeness (QED) is 0.827. The van der Waals surface area contributed by atoms with Crippen LogP contribution in [0.4, 0.5) is 0 Å². The van der Waals surface area contributed by atoms with Crippen LogP contribution in [0.1, 0.15) is 5.56 Å². The molecular formula is C18H16N2O5. The summed E-state index contributed by atoms with van der Waals surface area (Å²) in [4.78, 5) is 12.3. The molecule has 0 aliphatic carbocycles. The van der Waals surface area contributed by atoms with Crippen molar-refractivity contribution in [1.82, 2.24) is 10.9 Å². The lowest BCUT2D eigenvalue weighted by molar-refractivity contribution is -0.131. The first-order chi connectivity index (χ1) is 12.2. The topological polar surface area (TPSA) is 78.1 Å². The predicted octanol–water partition coefficient (Wildman–Crippen LogP) is 1.85. The molecule has 2 aromatic carbocycles. The van der Waals surface area contributed by atoms with E-state index in [-0.39, 0.29) is 19.3 Å². The minimum absolute atomic E-state index is 0.140. The van der Waals surface area contributed by atoms with Crippen molar-refractivity contribution in [2.75, 3.05) is 13.4 Å². The number of fused-ring (bicyclic) bond motifs is 2. The minimum atomic E-state index is -0.744. The fourth-order valence-electron chi connectivity index (χ4n) is 2.52. The van der Waals surface area contributed by atoms with Crippen LogP contribution >= 0.6 is 0 Å². The monoisotopic (exact) mass is 340 g/mol. The van der Waals surface area contributed by atoms with E-state index in [0.717, 1.165) is 5.56 Å². The van der Waals surface area contributed by atoms with Crippen LogP contribution in [-0.4, -0.2) is 25.4 Å². The first-order valence-electron chi connectivity index (χ1n) is 7.74. The molecule has 7 heteroatoms. The highest BCUT2D eigenvalue weighted by Crippen LogP contribution is 2.34. The third kappa shape index (κ3) is 3.03. The van der Waals surface area contributed by atoms with Crippen LogP contribution in [0, 0.1) is 0 Å². The molecule has 25 heavy (non-hydrogen) atoms. The highest BCUT2D eigenvalue weighted by molar-refractivity contribution is 5.82. The van der Waals surface area contributed by atoms with Crippen molar-refractivity contribution in [2.45, 2.75) is 6.10 Å². The molecule has 2 aliphatic heterocycles. The van der Waals surface area contributed by atoms with Gasteiger partial charge in [-0.25, -0.2) is 0 Å². The Morgan fingerprint density at radius 2 is 1.72 bits per heavy atom. The van der Waals surface area contributed by atoms with Crippen LogP contribution in [0.15, 0.2) is 49.0 Å². The molecule has 2 aliphatic rings. The summed E-state index contributed by atoms with van der Waals surface area (Å²) in [6, 6.07) is 12.6. The molecule has 0 aromatic heterocycles. The lowest BCUT2D eigenvalue weighted by Gasteiger charge is -2.25. The zero-order valence-electron chi connectivity index (χ0n) is 13.3. The molecule has 0 unspecified atom stereocenters. The number of ether oxygens (including phenoxy) is 4. The number of nitrogens with one attached hydrogen (secondary N) is 2. The lowest BCUT2D eigenvalue weighted by atomic mass is 10.1. The molecular weight excluding hydrogens is 324 g/mol. The Kier molecular flexibility index (Phi) is 3.81. The number of carbonyl (C=O) groups is 1. The van der Waals surface area contributed by atoms with E-state index in [0.29, 0.717) is 28.7 Å². The van der Waals surface area contributed by atoms with Crippen molar-refractivity contribution < 1.29 is 23.7 Å². The first kappa shape index (κ1) is 15.2. The van der Waals surface area contributed by atoms with Crippen LogP contribution in [0.25, 0.3) is 5.70 Å². The molecule has 0 bridgehead atoms. The molecule has 1 amide bonds. The molecule has 0 radical (unpaired) electrons. The molecule has 0 saturated heterocycles. The fraction of sp³-hybridized carbons (Fsp3) is 0.167. The fourth-order valence-corrected chi connectivity index (χ4v) is 2.52. The summed E-state index contributed by atoms with van der Waals surface area (Å²) in [6.07, 6.45) is -0.744. The summed E-state index contributed by atoms with van der Waals surface area (Å²) in [5, 5.41) is 0. The van der Waals surface area contributed by atoms with Gasteiger partial charge in [0.25, 0.3) is 5.91 Å². The highest BCUT2D eigenvalue weighted by Gasteiger charge is 2.27. The predicted molar refractivity (Wildman–Crippen MR) is 89.2 cm³/mol. The van der Waals surface area contributed by atoms with E-state index in [9.17, 15) is 4.79 Å². The van der Waals surface area contributed by atoms with E-state index in [1.807, 2.05) is 18.2 Å². The molecule has 7 nitrogen and oxygen atoms in total. The van der Waals surface area contributed by atoms with Gasteiger partial charge in [-0.2, -0.15) is 0 Å². The Morgan fingerprint density at radius 3 is 2.60 bits per heavy atom. The second-order valence-corrected chi connectivity index (χ2v) is 5.53. The molecule has 1 atom stereocenters. The van der Waals surface area contributed by atoms with Crippen molar-refractivity contribution in [3.8, 4) is 23.0 Å². The van der Waals surface area contributed by atoms with E-state index < -0.39 is 6.10 Å². The van der Waals surface area contributed by atoms with Crippen LogP contribution in [0.3, 0.4) is 0 Å². The number of amides is 1. The van der Waals surface area contributed by atoms with Crippen LogP contribution in [-0.2, 0) is 4.79 Å². The average molecular weight is 340 g/mol. The molecule has 2 heterocycles. The maximum atomic E-state index is 12.3. The summed E-state index contributed by atoms with van der Waals surface area (Å²) in [5.41, 5.74) is 6.66. The number of hydrogen-bond donors (Lipinski definition) is 2. The standard InChI is InChI=1S/C18H16N2O5/c1-11(12-6-7-14-16(8-12)24-10-23-14)19-20-18(21)17-9-22-13-4-2-3-5-15(13)25-17/h2-8,17,19H,1,9-10H2,(H,20,21)/t17-/m1/s1. The molecule has 0 saturated carbocycles. The molecule has 2 aromatic rings. The van der Waals surface area contributed by atoms with Crippen LogP contribution in [0.2, 0.25) is 0 Å². The third-order valence-electron chi connectivity index (χ3n) is 3.86. The van der Waals surface area contributed by atoms with E-state index in [1.165, 1.54) is 0 Å². The van der Waals surface area contributed by atoms with Gasteiger partial charge < -0.3 is 18.9 Å². The number of benzene rings is 2. The number of rotatable bonds is 4. The van der Waals surface area contributed by atoms with Gasteiger partial charge in [0.15, 0.2) is 23.0 Å². The average Bonchev–Trinajstić information content (AvgIpc) is 3.13. The Bertz CT molecular complexity index is 836. The molecule has 4 rings (SSSR count). The van der Waals surface area contributed by atoms with E-state index in [4.69, 9.17) is 18.9 Å². The normalized spacial score (nSPS) is 16.9. The van der Waals surface area contributed by atoms with E-state index >= 15 is 0 Å². The number of para-hydroxylation sites is 2. The van der Waals surface area contributed by atoms with Gasteiger partial charge in [0.2, 0.25) is 12.9 Å². The number of hydrazine groups is 1. The second kappa shape index (κ2) is 6.27. The number of carbonyl (C=O) groups excluding carboxylic acids is 1. The van der Waals surface area contributed by atoms with Crippen LogP contribution < -0.4 is 29.8 Å². The maximum Gasteiger partial charge on any atom is 0.282 e. The molecule has 0 fully saturated rings. The van der Waals surface area contributed by atoms with E-state index in [1.54, 1.807) is 24.3 Å². The van der Waals surface area contributed by atoms with Gasteiger partial charge in [0, 0.05) is 5.56 Å². The highest BCUT2D eigenvalue weighted by atomic mass is 16.7. The summed E-state index contributed by atoms with van der Waals surface area (Å²) in [7, 11) is 0. The van der Waals surface area contributed by atoms with Gasteiger partial charge in [0.05, 0.1) is 5.70 Å². The van der Waals surface area contributed by atoms with Crippen molar-refractivity contribution in [3.63, 3.8) is 0 Å². The molecule has 2 N–H and O–H groups in total. The van der Waals surface area contributed by atoms with Crippen LogP contribution in [0.5, 0.6) is 23.0 Å². The maximum absolute atomic E-state index is 12.3. The molecule has 128 valence electrons. The molecule has 0 spiro atoms. The largest absolute Gasteiger partial charge is 0.485 e. The van der Waals surface area contributed by atoms with Crippen molar-refractivity contribution >= 4 is 11.6 Å². The lowest BCUT2D eigenvalue weighted by Crippen LogP contribution is -2.48. The smallest absolute Gasteiger partial charge is 0.282 e. The Hall–Kier alpha value is -3.35. The zero-order chi connectivity index (χ0) is 17.2. The van der Waals surface area contributed by atoms with Gasteiger partial charge >= 0.3 is 0 Å². The Labute approximate surface area is 144 Å². The minimum Gasteiger partial charge on any atom is -0.485 e. The van der Waals surface area contributed by atoms with Gasteiger partial charge in [-0.15, -0.1) is 0 Å². The summed E-state index contributed by atoms with van der Waals surface area (Å²) in [5.74, 6) is 2.16. The Balaban J connectivity index is 1.35. The van der Waals surface area contributed by atoms with Gasteiger partial charge in [-0.3, -0.25) is 15.6 Å². The van der Waals surface area contributed by atoms with Gasteiger partial charge in [0.1, 0.15) is 6.61 Å². The van der Waals surface area contributed by atoms with Gasteiger partial charge in [-0.1, -0.05) is 18.7 Å². The van der Waals surface area contributed by atoms with Crippen molar-refractivity contribution in [3.05, 3.63) is 54.6 Å². The summed E-state index contributed by atoms with van der Waals surface area (Å²) in [6.45, 7) is 4.25. The van der Waals surface area contributed by atoms with Crippen molar-refractivity contribution in [2.24, 2.45) is 0 Å². The van der Waals surface area contributed by atoms with Gasteiger partial charge in [-0.05, 0) is 30.3 Å². The van der Waals surface area contributed by atoms with Crippen molar-refractivity contribution in [1.29, 1.82) is 0 Å².